The number of aromatic nitrogens is 3. The first-order valence-electron chi connectivity index (χ1n) is 8.94. The molecule has 3 heterocycles. The van der Waals surface area contributed by atoms with Gasteiger partial charge in [0.05, 0.1) is 6.10 Å². The van der Waals surface area contributed by atoms with Crippen molar-refractivity contribution in [1.29, 1.82) is 0 Å². The highest BCUT2D eigenvalue weighted by Crippen LogP contribution is 2.53. The van der Waals surface area contributed by atoms with Crippen molar-refractivity contribution in [3.63, 3.8) is 0 Å². The number of H-pyrrole nitrogens is 1. The fourth-order valence-electron chi connectivity index (χ4n) is 4.22. The van der Waals surface area contributed by atoms with Gasteiger partial charge in [0.25, 0.3) is 5.56 Å². The lowest BCUT2D eigenvalue weighted by atomic mass is 9.57. The van der Waals surface area contributed by atoms with Crippen molar-refractivity contribution in [2.75, 3.05) is 11.9 Å². The van der Waals surface area contributed by atoms with E-state index in [1.807, 2.05) is 19.1 Å². The van der Waals surface area contributed by atoms with Crippen LogP contribution >= 0.6 is 0 Å². The maximum absolute atomic E-state index is 11.7. The summed E-state index contributed by atoms with van der Waals surface area (Å²) in [7, 11) is 0. The number of fused-ring (bicyclic) bond motifs is 1. The zero-order valence-corrected chi connectivity index (χ0v) is 14.9. The topological polar surface area (TPSA) is 79.9 Å². The average molecular weight is 340 g/mol. The molecule has 0 spiro atoms. The molecule has 2 aliphatic rings. The Bertz CT molecular complexity index is 828. The number of aryl methyl sites for hydroxylation is 1. The van der Waals surface area contributed by atoms with Crippen molar-refractivity contribution < 1.29 is 4.74 Å². The molecular formula is C19H24N4O2. The Hall–Kier alpha value is -2.21. The molecule has 0 amide bonds. The Morgan fingerprint density at radius 2 is 2.24 bits per heavy atom. The Morgan fingerprint density at radius 1 is 1.40 bits per heavy atom. The molecule has 3 atom stereocenters. The largest absolute Gasteiger partial charge is 0.377 e. The molecule has 1 aliphatic heterocycles. The molecule has 6 heteroatoms. The van der Waals surface area contributed by atoms with Crippen LogP contribution in [0.3, 0.4) is 0 Å². The first kappa shape index (κ1) is 16.3. The predicted molar refractivity (Wildman–Crippen MR) is 96.5 cm³/mol. The van der Waals surface area contributed by atoms with Gasteiger partial charge in [0.15, 0.2) is 0 Å². The van der Waals surface area contributed by atoms with Crippen molar-refractivity contribution in [3.8, 4) is 11.4 Å². The minimum atomic E-state index is -0.132. The van der Waals surface area contributed by atoms with E-state index in [0.717, 1.165) is 36.5 Å². The number of hydrogen-bond donors (Lipinski definition) is 2. The summed E-state index contributed by atoms with van der Waals surface area (Å²) in [4.78, 5) is 23.5. The number of nitrogens with one attached hydrogen (secondary N) is 2. The van der Waals surface area contributed by atoms with Gasteiger partial charge in [-0.1, -0.05) is 20.8 Å². The highest BCUT2D eigenvalue weighted by molar-refractivity contribution is 5.56. The van der Waals surface area contributed by atoms with Gasteiger partial charge in [-0.2, -0.15) is 0 Å². The molecule has 6 nitrogen and oxygen atoms in total. The maximum atomic E-state index is 11.7. The van der Waals surface area contributed by atoms with Crippen LogP contribution in [0.2, 0.25) is 0 Å². The van der Waals surface area contributed by atoms with E-state index in [0.29, 0.717) is 23.9 Å². The summed E-state index contributed by atoms with van der Waals surface area (Å²) in [6.45, 7) is 7.33. The van der Waals surface area contributed by atoms with Gasteiger partial charge < -0.3 is 15.0 Å². The summed E-state index contributed by atoms with van der Waals surface area (Å²) < 4.78 is 5.84. The molecule has 0 unspecified atom stereocenters. The second-order valence-corrected chi connectivity index (χ2v) is 7.56. The number of anilines is 1. The first-order valence-corrected chi connectivity index (χ1v) is 8.94. The quantitative estimate of drug-likeness (QED) is 0.894. The summed E-state index contributed by atoms with van der Waals surface area (Å²) in [5.74, 6) is 1.98. The summed E-state index contributed by atoms with van der Waals surface area (Å²) in [5, 5.41) is 3.57. The van der Waals surface area contributed by atoms with E-state index >= 15 is 0 Å². The number of ether oxygens (including phenoxy) is 1. The maximum Gasteiger partial charge on any atom is 0.251 e. The van der Waals surface area contributed by atoms with Crippen LogP contribution in [0.1, 0.15) is 32.9 Å². The molecule has 2 N–H and O–H groups in total. The SMILES string of the molecule is CCc1cc(=O)[nH]c(-c2ccc(N[C@@H]3[C@@H]4CCO[C@@H]4C3(C)C)nc2)n1. The van der Waals surface area contributed by atoms with Gasteiger partial charge in [-0.15, -0.1) is 0 Å². The Kier molecular flexibility index (Phi) is 3.87. The van der Waals surface area contributed by atoms with Crippen molar-refractivity contribution in [2.24, 2.45) is 11.3 Å². The molecule has 2 aromatic heterocycles. The average Bonchev–Trinajstić information content (AvgIpc) is 3.07. The number of nitrogens with zero attached hydrogens (tertiary/aromatic N) is 2. The van der Waals surface area contributed by atoms with Crippen LogP contribution in [0.15, 0.2) is 29.2 Å². The molecule has 1 aliphatic carbocycles. The number of rotatable bonds is 4. The van der Waals surface area contributed by atoms with E-state index in [2.05, 4.69) is 34.1 Å². The van der Waals surface area contributed by atoms with Gasteiger partial charge in [0.1, 0.15) is 11.6 Å². The fraction of sp³-hybridized carbons (Fsp3) is 0.526. The Labute approximate surface area is 147 Å². The van der Waals surface area contributed by atoms with E-state index in [9.17, 15) is 4.79 Å². The predicted octanol–water partition coefficient (Wildman–Crippen LogP) is 2.62. The zero-order chi connectivity index (χ0) is 17.6. The first-order chi connectivity index (χ1) is 12.0. The van der Waals surface area contributed by atoms with Crippen molar-refractivity contribution in [2.45, 2.75) is 45.8 Å². The Balaban J connectivity index is 1.53. The zero-order valence-electron chi connectivity index (χ0n) is 14.9. The van der Waals surface area contributed by atoms with E-state index in [-0.39, 0.29) is 11.0 Å². The van der Waals surface area contributed by atoms with Gasteiger partial charge >= 0.3 is 0 Å². The summed E-state index contributed by atoms with van der Waals surface area (Å²) in [6, 6.07) is 5.81. The number of hydrogen-bond acceptors (Lipinski definition) is 5. The smallest absolute Gasteiger partial charge is 0.251 e. The van der Waals surface area contributed by atoms with Crippen LogP contribution < -0.4 is 10.9 Å². The molecular weight excluding hydrogens is 316 g/mol. The third kappa shape index (κ3) is 2.74. The molecule has 0 bridgehead atoms. The molecule has 1 saturated carbocycles. The summed E-state index contributed by atoms with van der Waals surface area (Å²) in [5.41, 5.74) is 1.58. The van der Waals surface area contributed by atoms with E-state index in [1.54, 1.807) is 6.20 Å². The van der Waals surface area contributed by atoms with Crippen molar-refractivity contribution in [3.05, 3.63) is 40.4 Å². The van der Waals surface area contributed by atoms with E-state index < -0.39 is 0 Å². The molecule has 4 rings (SSSR count). The molecule has 132 valence electrons. The van der Waals surface area contributed by atoms with Crippen LogP contribution in [0.5, 0.6) is 0 Å². The Morgan fingerprint density at radius 3 is 2.96 bits per heavy atom. The van der Waals surface area contributed by atoms with Crippen LogP contribution in [-0.4, -0.2) is 33.7 Å². The molecule has 0 aromatic carbocycles. The lowest BCUT2D eigenvalue weighted by Gasteiger charge is -2.54. The van der Waals surface area contributed by atoms with Crippen molar-refractivity contribution >= 4 is 5.82 Å². The van der Waals surface area contributed by atoms with Gasteiger partial charge in [0.2, 0.25) is 0 Å². The van der Waals surface area contributed by atoms with E-state index in [4.69, 9.17) is 4.74 Å². The van der Waals surface area contributed by atoms with Gasteiger partial charge in [-0.3, -0.25) is 4.79 Å². The second kappa shape index (κ2) is 5.95. The van der Waals surface area contributed by atoms with Crippen LogP contribution in [0, 0.1) is 11.3 Å². The normalized spacial score (nSPS) is 26.8. The summed E-state index contributed by atoms with van der Waals surface area (Å²) in [6.07, 6.45) is 3.95. The summed E-state index contributed by atoms with van der Waals surface area (Å²) >= 11 is 0. The minimum absolute atomic E-state index is 0.115. The van der Waals surface area contributed by atoms with Crippen molar-refractivity contribution in [1.82, 2.24) is 15.0 Å². The van der Waals surface area contributed by atoms with Gasteiger partial charge in [-0.05, 0) is 25.0 Å². The second-order valence-electron chi connectivity index (χ2n) is 7.56. The number of aromatic amines is 1. The highest BCUT2D eigenvalue weighted by atomic mass is 16.5. The lowest BCUT2D eigenvalue weighted by molar-refractivity contribution is -0.0924. The third-order valence-corrected chi connectivity index (χ3v) is 5.60. The van der Waals surface area contributed by atoms with Crippen LogP contribution in [0.4, 0.5) is 5.82 Å². The number of pyridine rings is 1. The highest BCUT2D eigenvalue weighted by Gasteiger charge is 2.59. The third-order valence-electron chi connectivity index (χ3n) is 5.60. The molecule has 25 heavy (non-hydrogen) atoms. The molecule has 2 aromatic rings. The van der Waals surface area contributed by atoms with E-state index in [1.165, 1.54) is 6.07 Å². The molecule has 0 radical (unpaired) electrons. The van der Waals surface area contributed by atoms with Gasteiger partial charge in [0, 0.05) is 47.5 Å². The monoisotopic (exact) mass is 340 g/mol. The van der Waals surface area contributed by atoms with Crippen LogP contribution in [0.25, 0.3) is 11.4 Å². The van der Waals surface area contributed by atoms with Crippen LogP contribution in [-0.2, 0) is 11.2 Å². The standard InChI is InChI=1S/C19H24N4O2/c1-4-12-9-15(24)23-18(21-12)11-5-6-14(20-10-11)22-16-13-7-8-25-17(13)19(16,2)3/h5-6,9-10,13,16-17H,4,7-8H2,1-3H3,(H,20,22)(H,21,23,24)/t13-,16+,17-/m0/s1. The fourth-order valence-corrected chi connectivity index (χ4v) is 4.22. The minimum Gasteiger partial charge on any atom is -0.377 e. The lowest BCUT2D eigenvalue weighted by Crippen LogP contribution is -2.63. The molecule has 2 fully saturated rings. The van der Waals surface area contributed by atoms with Gasteiger partial charge in [-0.25, -0.2) is 9.97 Å². The molecule has 1 saturated heterocycles.